The Kier molecular flexibility index (Phi) is 4.92. The molecule has 0 atom stereocenters. The monoisotopic (exact) mass is 409 g/mol. The topological polar surface area (TPSA) is 88.4 Å². The van der Waals surface area contributed by atoms with Crippen molar-refractivity contribution in [3.05, 3.63) is 47.5 Å². The van der Waals surface area contributed by atoms with E-state index in [-0.39, 0.29) is 25.0 Å². The lowest BCUT2D eigenvalue weighted by molar-refractivity contribution is 0.0654. The molecule has 8 nitrogen and oxygen atoms in total. The van der Waals surface area contributed by atoms with Gasteiger partial charge >= 0.3 is 0 Å². The van der Waals surface area contributed by atoms with Crippen molar-refractivity contribution in [3.63, 3.8) is 0 Å². The molecule has 1 amide bonds. The van der Waals surface area contributed by atoms with Gasteiger partial charge in [0.2, 0.25) is 10.0 Å². The number of rotatable bonds is 4. The zero-order valence-corrected chi connectivity index (χ0v) is 16.2. The van der Waals surface area contributed by atoms with Gasteiger partial charge in [-0.15, -0.1) is 0 Å². The third-order valence-corrected chi connectivity index (χ3v) is 7.68. The molecule has 3 heterocycles. The van der Waals surface area contributed by atoms with Gasteiger partial charge < -0.3 is 4.90 Å². The van der Waals surface area contributed by atoms with E-state index in [1.54, 1.807) is 44.5 Å². The number of carbonyl (C=O) groups excluding carboxylic acids is 1. The number of likely N-dealkylation sites (tertiary alicyclic amines) is 1. The highest BCUT2D eigenvalue weighted by molar-refractivity contribution is 7.89. The first-order valence-corrected chi connectivity index (χ1v) is 10.7. The van der Waals surface area contributed by atoms with E-state index >= 15 is 0 Å². The van der Waals surface area contributed by atoms with Crippen LogP contribution in [0.25, 0.3) is 0 Å². The number of aromatic nitrogens is 3. The molecule has 2 aliphatic rings. The Labute approximate surface area is 162 Å². The Morgan fingerprint density at radius 3 is 2.56 bits per heavy atom. The van der Waals surface area contributed by atoms with Crippen molar-refractivity contribution in [1.82, 2.24) is 24.0 Å². The molecule has 0 spiro atoms. The number of nitrogens with zero attached hydrogens (tertiary/aromatic N) is 5. The summed E-state index contributed by atoms with van der Waals surface area (Å²) in [6.07, 6.45) is 4.57. The minimum atomic E-state index is -3.41. The summed E-state index contributed by atoms with van der Waals surface area (Å²) in [6.45, 7) is 1.37. The first-order chi connectivity index (χ1) is 12.9. The Bertz CT molecular complexity index is 920. The number of carbonyl (C=O) groups is 1. The van der Waals surface area contributed by atoms with E-state index in [4.69, 9.17) is 11.6 Å². The van der Waals surface area contributed by atoms with Crippen LogP contribution in [0.4, 0.5) is 0 Å². The van der Waals surface area contributed by atoms with Gasteiger partial charge in [-0.3, -0.25) is 4.79 Å². The maximum absolute atomic E-state index is 12.9. The van der Waals surface area contributed by atoms with Crippen molar-refractivity contribution in [2.45, 2.75) is 24.1 Å². The molecule has 2 aliphatic heterocycles. The summed E-state index contributed by atoms with van der Waals surface area (Å²) < 4.78 is 29.0. The lowest BCUT2D eigenvalue weighted by Crippen LogP contribution is -2.60. The second-order valence-corrected chi connectivity index (χ2v) is 9.54. The molecule has 0 unspecified atom stereocenters. The normalized spacial score (nSPS) is 19.8. The Morgan fingerprint density at radius 2 is 1.93 bits per heavy atom. The second-order valence-electron chi connectivity index (χ2n) is 6.89. The minimum Gasteiger partial charge on any atom is -0.336 e. The number of sulfonamides is 1. The maximum atomic E-state index is 12.9. The van der Waals surface area contributed by atoms with E-state index in [0.29, 0.717) is 36.5 Å². The van der Waals surface area contributed by atoms with Gasteiger partial charge in [0.1, 0.15) is 17.9 Å². The molecule has 4 rings (SSSR count). The number of hydrogen-bond acceptors (Lipinski definition) is 5. The molecule has 0 N–H and O–H groups in total. The average Bonchev–Trinajstić information content (AvgIpc) is 3.15. The Hall–Kier alpha value is -1.97. The molecular formula is C17H20ClN5O3S. The van der Waals surface area contributed by atoms with Crippen molar-refractivity contribution >= 4 is 27.5 Å². The summed E-state index contributed by atoms with van der Waals surface area (Å²) in [5, 5.41) is 4.09. The highest BCUT2D eigenvalue weighted by Crippen LogP contribution is 2.28. The summed E-state index contributed by atoms with van der Waals surface area (Å²) in [7, 11) is -3.41. The van der Waals surface area contributed by atoms with Crippen molar-refractivity contribution in [1.29, 1.82) is 0 Å². The molecule has 144 valence electrons. The fraction of sp³-hybridized carbons (Fsp3) is 0.471. The van der Waals surface area contributed by atoms with E-state index in [2.05, 4.69) is 10.1 Å². The number of benzene rings is 1. The van der Waals surface area contributed by atoms with Crippen LogP contribution >= 0.6 is 11.6 Å². The smallest absolute Gasteiger partial charge is 0.253 e. The fourth-order valence-corrected chi connectivity index (χ4v) is 5.64. The standard InChI is InChI=1S/C17H20ClN5O3S/c18-14-3-1-2-13(8-14)17(24)21-9-16(10-21)27(25,26)22-6-4-15(5-7-22)23-12-19-11-20-23/h1-3,8,11-12,15-16H,4-7,9-10H2. The zero-order chi connectivity index (χ0) is 19.0. The van der Waals surface area contributed by atoms with Gasteiger partial charge in [0.05, 0.1) is 6.04 Å². The highest BCUT2D eigenvalue weighted by Gasteiger charge is 2.43. The van der Waals surface area contributed by atoms with Crippen LogP contribution in [0, 0.1) is 0 Å². The van der Waals surface area contributed by atoms with Crippen molar-refractivity contribution in [3.8, 4) is 0 Å². The van der Waals surface area contributed by atoms with E-state index in [9.17, 15) is 13.2 Å². The third kappa shape index (κ3) is 3.59. The first-order valence-electron chi connectivity index (χ1n) is 8.83. The van der Waals surface area contributed by atoms with Crippen LogP contribution in [0.1, 0.15) is 29.2 Å². The molecule has 0 radical (unpaired) electrons. The van der Waals surface area contributed by atoms with Gasteiger partial charge in [-0.2, -0.15) is 5.10 Å². The third-order valence-electron chi connectivity index (χ3n) is 5.22. The van der Waals surface area contributed by atoms with Crippen molar-refractivity contribution in [2.24, 2.45) is 0 Å². The van der Waals surface area contributed by atoms with Crippen LogP contribution in [0.2, 0.25) is 5.02 Å². The molecule has 2 saturated heterocycles. The molecule has 0 saturated carbocycles. The molecule has 1 aromatic carbocycles. The van der Waals surface area contributed by atoms with Gasteiger partial charge in [-0.05, 0) is 31.0 Å². The van der Waals surface area contributed by atoms with Crippen LogP contribution in [0.15, 0.2) is 36.9 Å². The SMILES string of the molecule is O=C(c1cccc(Cl)c1)N1CC(S(=O)(=O)N2CCC(n3cncn3)CC2)C1. The number of piperidine rings is 1. The fourth-order valence-electron chi connectivity index (χ4n) is 3.57. The van der Waals surface area contributed by atoms with E-state index in [1.807, 2.05) is 0 Å². The first kappa shape index (κ1) is 18.4. The number of hydrogen-bond donors (Lipinski definition) is 0. The van der Waals surface area contributed by atoms with Gasteiger partial charge in [0, 0.05) is 36.8 Å². The van der Waals surface area contributed by atoms with Crippen LogP contribution < -0.4 is 0 Å². The molecule has 2 aromatic rings. The highest BCUT2D eigenvalue weighted by atomic mass is 35.5. The van der Waals surface area contributed by atoms with Crippen molar-refractivity contribution < 1.29 is 13.2 Å². The molecule has 27 heavy (non-hydrogen) atoms. The van der Waals surface area contributed by atoms with Crippen LogP contribution in [0.3, 0.4) is 0 Å². The van der Waals surface area contributed by atoms with E-state index in [1.165, 1.54) is 6.33 Å². The quantitative estimate of drug-likeness (QED) is 0.762. The molecule has 2 fully saturated rings. The molecule has 0 bridgehead atoms. The lowest BCUT2D eigenvalue weighted by atomic mass is 10.1. The van der Waals surface area contributed by atoms with Crippen LogP contribution in [-0.2, 0) is 10.0 Å². The average molecular weight is 410 g/mol. The van der Waals surface area contributed by atoms with E-state index < -0.39 is 15.3 Å². The van der Waals surface area contributed by atoms with Gasteiger partial charge in [0.15, 0.2) is 0 Å². The minimum absolute atomic E-state index is 0.182. The molecular weight excluding hydrogens is 390 g/mol. The van der Waals surface area contributed by atoms with Crippen LogP contribution in [0.5, 0.6) is 0 Å². The largest absolute Gasteiger partial charge is 0.336 e. The van der Waals surface area contributed by atoms with Crippen LogP contribution in [-0.4, -0.2) is 69.7 Å². The molecule has 1 aromatic heterocycles. The van der Waals surface area contributed by atoms with Crippen molar-refractivity contribution in [2.75, 3.05) is 26.2 Å². The Balaban J connectivity index is 1.34. The van der Waals surface area contributed by atoms with Gasteiger partial charge in [-0.25, -0.2) is 22.4 Å². The van der Waals surface area contributed by atoms with Gasteiger partial charge in [-0.1, -0.05) is 17.7 Å². The molecule has 0 aliphatic carbocycles. The molecule has 10 heteroatoms. The summed E-state index contributed by atoms with van der Waals surface area (Å²) in [4.78, 5) is 17.9. The number of halogens is 1. The predicted molar refractivity (Wildman–Crippen MR) is 99.9 cm³/mol. The number of amides is 1. The lowest BCUT2D eigenvalue weighted by Gasteiger charge is -2.42. The summed E-state index contributed by atoms with van der Waals surface area (Å²) in [5.74, 6) is -0.186. The predicted octanol–water partition coefficient (Wildman–Crippen LogP) is 1.42. The van der Waals surface area contributed by atoms with E-state index in [0.717, 1.165) is 0 Å². The zero-order valence-electron chi connectivity index (χ0n) is 14.6. The maximum Gasteiger partial charge on any atom is 0.253 e. The summed E-state index contributed by atoms with van der Waals surface area (Å²) >= 11 is 5.92. The summed E-state index contributed by atoms with van der Waals surface area (Å²) in [5.41, 5.74) is 0.479. The van der Waals surface area contributed by atoms with Gasteiger partial charge in [0.25, 0.3) is 5.91 Å². The second kappa shape index (κ2) is 7.21. The Morgan fingerprint density at radius 1 is 1.19 bits per heavy atom. The summed E-state index contributed by atoms with van der Waals surface area (Å²) in [6, 6.07) is 6.88.